The largest absolute Gasteiger partial charge is 0.325 e. The Labute approximate surface area is 142 Å². The van der Waals surface area contributed by atoms with Crippen LogP contribution in [0, 0.1) is 26.2 Å². The molecular formula is C20H22N2O2. The smallest absolute Gasteiger partial charge is 0.240 e. The predicted molar refractivity (Wildman–Crippen MR) is 96.0 cm³/mol. The molecule has 4 nitrogen and oxygen atoms in total. The lowest BCUT2D eigenvalue weighted by molar-refractivity contribution is -0.131. The average Bonchev–Trinajstić information content (AvgIpc) is 3.36. The molecule has 0 spiro atoms. The fourth-order valence-corrected chi connectivity index (χ4v) is 2.70. The lowest BCUT2D eigenvalue weighted by Gasteiger charge is -2.17. The van der Waals surface area contributed by atoms with Gasteiger partial charge in [-0.2, -0.15) is 0 Å². The fourth-order valence-electron chi connectivity index (χ4n) is 2.70. The molecular weight excluding hydrogens is 300 g/mol. The molecule has 3 rings (SSSR count). The van der Waals surface area contributed by atoms with Crippen molar-refractivity contribution in [1.29, 1.82) is 0 Å². The molecule has 1 aliphatic rings. The van der Waals surface area contributed by atoms with Crippen molar-refractivity contribution in [2.24, 2.45) is 5.41 Å². The number of amides is 2. The zero-order valence-corrected chi connectivity index (χ0v) is 14.3. The van der Waals surface area contributed by atoms with Gasteiger partial charge in [0.15, 0.2) is 0 Å². The summed E-state index contributed by atoms with van der Waals surface area (Å²) in [5.41, 5.74) is 3.82. The van der Waals surface area contributed by atoms with E-state index in [0.29, 0.717) is 12.8 Å². The Balaban J connectivity index is 1.73. The Kier molecular flexibility index (Phi) is 4.14. The minimum absolute atomic E-state index is 0.221. The average molecular weight is 322 g/mol. The Morgan fingerprint density at radius 1 is 0.875 bits per heavy atom. The Hall–Kier alpha value is -2.62. The van der Waals surface area contributed by atoms with Gasteiger partial charge in [-0.3, -0.25) is 9.59 Å². The third kappa shape index (κ3) is 3.04. The summed E-state index contributed by atoms with van der Waals surface area (Å²) >= 11 is 0. The van der Waals surface area contributed by atoms with Crippen molar-refractivity contribution in [1.82, 2.24) is 0 Å². The van der Waals surface area contributed by atoms with Crippen molar-refractivity contribution in [3.63, 3.8) is 0 Å². The van der Waals surface area contributed by atoms with Gasteiger partial charge < -0.3 is 10.6 Å². The number of carbonyl (C=O) groups is 2. The quantitative estimate of drug-likeness (QED) is 0.837. The number of hydrogen-bond donors (Lipinski definition) is 2. The van der Waals surface area contributed by atoms with Crippen molar-refractivity contribution < 1.29 is 9.59 Å². The highest BCUT2D eigenvalue weighted by Gasteiger charge is 2.56. The minimum atomic E-state index is -0.943. The van der Waals surface area contributed by atoms with Crippen LogP contribution in [0.15, 0.2) is 42.5 Å². The summed E-state index contributed by atoms with van der Waals surface area (Å²) in [7, 11) is 0. The second kappa shape index (κ2) is 6.11. The van der Waals surface area contributed by atoms with Crippen LogP contribution in [0.3, 0.4) is 0 Å². The normalized spacial score (nSPS) is 14.8. The standard InChI is InChI=1S/C20H22N2O2/c1-13-7-9-16(10-8-13)21-18(23)20(11-12-20)19(24)22-17-6-4-5-14(2)15(17)3/h4-10H,11-12H2,1-3H3,(H,21,23)(H,22,24). The van der Waals surface area contributed by atoms with Crippen LogP contribution in [-0.4, -0.2) is 11.8 Å². The van der Waals surface area contributed by atoms with Gasteiger partial charge in [-0.1, -0.05) is 29.8 Å². The Morgan fingerprint density at radius 3 is 2.12 bits per heavy atom. The highest BCUT2D eigenvalue weighted by molar-refractivity contribution is 6.17. The van der Waals surface area contributed by atoms with E-state index in [9.17, 15) is 9.59 Å². The first-order chi connectivity index (χ1) is 11.4. The van der Waals surface area contributed by atoms with Crippen molar-refractivity contribution >= 4 is 23.2 Å². The molecule has 1 saturated carbocycles. The molecule has 0 aliphatic heterocycles. The van der Waals surface area contributed by atoms with E-state index in [2.05, 4.69) is 10.6 Å². The first-order valence-electron chi connectivity index (χ1n) is 8.18. The van der Waals surface area contributed by atoms with Crippen molar-refractivity contribution in [2.45, 2.75) is 33.6 Å². The van der Waals surface area contributed by atoms with E-state index in [1.807, 2.05) is 63.2 Å². The number of aryl methyl sites for hydroxylation is 2. The molecule has 4 heteroatoms. The molecule has 1 aliphatic carbocycles. The maximum atomic E-state index is 12.7. The molecule has 0 bridgehead atoms. The summed E-state index contributed by atoms with van der Waals surface area (Å²) in [5.74, 6) is -0.449. The highest BCUT2D eigenvalue weighted by Crippen LogP contribution is 2.47. The van der Waals surface area contributed by atoms with Crippen LogP contribution < -0.4 is 10.6 Å². The molecule has 24 heavy (non-hydrogen) atoms. The maximum absolute atomic E-state index is 12.7. The van der Waals surface area contributed by atoms with E-state index in [4.69, 9.17) is 0 Å². The third-order valence-corrected chi connectivity index (χ3v) is 4.78. The molecule has 0 atom stereocenters. The van der Waals surface area contributed by atoms with Crippen LogP contribution in [0.1, 0.15) is 29.5 Å². The molecule has 0 aromatic heterocycles. The number of anilines is 2. The van der Waals surface area contributed by atoms with E-state index in [-0.39, 0.29) is 11.8 Å². The third-order valence-electron chi connectivity index (χ3n) is 4.78. The summed E-state index contributed by atoms with van der Waals surface area (Å²) in [4.78, 5) is 25.3. The summed E-state index contributed by atoms with van der Waals surface area (Å²) in [5, 5.41) is 5.79. The highest BCUT2D eigenvalue weighted by atomic mass is 16.2. The van der Waals surface area contributed by atoms with Crippen molar-refractivity contribution in [3.8, 4) is 0 Å². The molecule has 2 aromatic carbocycles. The van der Waals surface area contributed by atoms with Gasteiger partial charge in [-0.05, 0) is 62.9 Å². The van der Waals surface area contributed by atoms with Crippen molar-refractivity contribution in [2.75, 3.05) is 10.6 Å². The first-order valence-corrected chi connectivity index (χ1v) is 8.18. The van der Waals surface area contributed by atoms with Gasteiger partial charge in [0.05, 0.1) is 0 Å². The van der Waals surface area contributed by atoms with Gasteiger partial charge in [-0.15, -0.1) is 0 Å². The predicted octanol–water partition coefficient (Wildman–Crippen LogP) is 3.97. The number of carbonyl (C=O) groups excluding carboxylic acids is 2. The molecule has 0 saturated heterocycles. The van der Waals surface area contributed by atoms with Crippen LogP contribution in [-0.2, 0) is 9.59 Å². The molecule has 2 amide bonds. The second-order valence-corrected chi connectivity index (χ2v) is 6.60. The molecule has 0 unspecified atom stereocenters. The zero-order valence-electron chi connectivity index (χ0n) is 14.3. The maximum Gasteiger partial charge on any atom is 0.240 e. The van der Waals surface area contributed by atoms with Crippen LogP contribution in [0.25, 0.3) is 0 Å². The fraction of sp³-hybridized carbons (Fsp3) is 0.300. The molecule has 2 N–H and O–H groups in total. The van der Waals surface area contributed by atoms with Crippen LogP contribution in [0.4, 0.5) is 11.4 Å². The number of rotatable bonds is 4. The first kappa shape index (κ1) is 16.2. The monoisotopic (exact) mass is 322 g/mol. The summed E-state index contributed by atoms with van der Waals surface area (Å²) in [6.45, 7) is 5.96. The summed E-state index contributed by atoms with van der Waals surface area (Å²) in [6, 6.07) is 13.4. The zero-order chi connectivity index (χ0) is 17.3. The van der Waals surface area contributed by atoms with Crippen molar-refractivity contribution in [3.05, 3.63) is 59.2 Å². The van der Waals surface area contributed by atoms with Crippen LogP contribution in [0.2, 0.25) is 0 Å². The number of benzene rings is 2. The summed E-state index contributed by atoms with van der Waals surface area (Å²) in [6.07, 6.45) is 1.17. The SMILES string of the molecule is Cc1ccc(NC(=O)C2(C(=O)Nc3cccc(C)c3C)CC2)cc1. The van der Waals surface area contributed by atoms with Gasteiger partial charge in [0.2, 0.25) is 11.8 Å². The topological polar surface area (TPSA) is 58.2 Å². The van der Waals surface area contributed by atoms with Gasteiger partial charge >= 0.3 is 0 Å². The molecule has 124 valence electrons. The molecule has 0 heterocycles. The molecule has 2 aromatic rings. The van der Waals surface area contributed by atoms with E-state index in [1.54, 1.807) is 0 Å². The van der Waals surface area contributed by atoms with Crippen LogP contribution in [0.5, 0.6) is 0 Å². The van der Waals surface area contributed by atoms with E-state index in [0.717, 1.165) is 28.1 Å². The van der Waals surface area contributed by atoms with E-state index >= 15 is 0 Å². The van der Waals surface area contributed by atoms with Crippen LogP contribution >= 0.6 is 0 Å². The number of nitrogens with one attached hydrogen (secondary N) is 2. The Bertz CT molecular complexity index is 790. The number of hydrogen-bond acceptors (Lipinski definition) is 2. The van der Waals surface area contributed by atoms with Gasteiger partial charge in [-0.25, -0.2) is 0 Å². The van der Waals surface area contributed by atoms with E-state index < -0.39 is 5.41 Å². The summed E-state index contributed by atoms with van der Waals surface area (Å²) < 4.78 is 0. The van der Waals surface area contributed by atoms with E-state index in [1.165, 1.54) is 0 Å². The van der Waals surface area contributed by atoms with Gasteiger partial charge in [0.1, 0.15) is 5.41 Å². The molecule has 0 radical (unpaired) electrons. The minimum Gasteiger partial charge on any atom is -0.325 e. The Morgan fingerprint density at radius 2 is 1.50 bits per heavy atom. The van der Waals surface area contributed by atoms with Gasteiger partial charge in [0.25, 0.3) is 0 Å². The second-order valence-electron chi connectivity index (χ2n) is 6.60. The van der Waals surface area contributed by atoms with Gasteiger partial charge in [0, 0.05) is 11.4 Å². The lowest BCUT2D eigenvalue weighted by Crippen LogP contribution is -2.35. The molecule has 1 fully saturated rings. The lowest BCUT2D eigenvalue weighted by atomic mass is 10.0.